The largest absolute Gasteiger partial charge is 0.405 e. The van der Waals surface area contributed by atoms with Crippen molar-refractivity contribution in [1.29, 1.82) is 0 Å². The second kappa shape index (κ2) is 8.20. The third-order valence-corrected chi connectivity index (χ3v) is 4.92. The topological polar surface area (TPSA) is 62.7 Å². The molecule has 2 aromatic rings. The van der Waals surface area contributed by atoms with Crippen LogP contribution >= 0.6 is 7.75 Å². The van der Waals surface area contributed by atoms with E-state index in [1.165, 1.54) is 4.67 Å². The Morgan fingerprint density at radius 3 is 2.55 bits per heavy atom. The van der Waals surface area contributed by atoms with Crippen LogP contribution in [0, 0.1) is 0 Å². The van der Waals surface area contributed by atoms with E-state index in [1.54, 1.807) is 13.2 Å². The van der Waals surface area contributed by atoms with Gasteiger partial charge < -0.3 is 4.89 Å². The molecule has 0 aliphatic carbocycles. The summed E-state index contributed by atoms with van der Waals surface area (Å²) >= 11 is 0. The summed E-state index contributed by atoms with van der Waals surface area (Å²) in [4.78, 5) is 14.1. The zero-order valence-corrected chi connectivity index (χ0v) is 13.5. The Labute approximate surface area is 131 Å². The summed E-state index contributed by atoms with van der Waals surface area (Å²) in [6.07, 6.45) is 2.91. The second-order valence-corrected chi connectivity index (χ2v) is 6.93. The van der Waals surface area contributed by atoms with Gasteiger partial charge in [-0.1, -0.05) is 36.4 Å². The fourth-order valence-corrected chi connectivity index (χ4v) is 2.85. The van der Waals surface area contributed by atoms with Gasteiger partial charge in [0, 0.05) is 24.9 Å². The van der Waals surface area contributed by atoms with Crippen LogP contribution in [0.5, 0.6) is 0 Å². The summed E-state index contributed by atoms with van der Waals surface area (Å²) in [6, 6.07) is 15.4. The van der Waals surface area contributed by atoms with Gasteiger partial charge in [-0.2, -0.15) is 0 Å². The highest BCUT2D eigenvalue weighted by molar-refractivity contribution is 7.50. The lowest BCUT2D eigenvalue weighted by atomic mass is 10.2. The van der Waals surface area contributed by atoms with E-state index in [2.05, 4.69) is 4.98 Å². The average molecular weight is 320 g/mol. The molecular weight excluding hydrogens is 299 g/mol. The summed E-state index contributed by atoms with van der Waals surface area (Å²) in [5.74, 6) is 0. The van der Waals surface area contributed by atoms with E-state index in [4.69, 9.17) is 4.52 Å². The molecule has 0 aliphatic rings. The monoisotopic (exact) mass is 320 g/mol. The highest BCUT2D eigenvalue weighted by Crippen LogP contribution is 2.44. The van der Waals surface area contributed by atoms with E-state index in [0.29, 0.717) is 19.4 Å². The first-order chi connectivity index (χ1) is 10.6. The van der Waals surface area contributed by atoms with Gasteiger partial charge in [0.15, 0.2) is 0 Å². The first-order valence-electron chi connectivity index (χ1n) is 7.21. The first kappa shape index (κ1) is 16.8. The Kier molecular flexibility index (Phi) is 6.28. The molecule has 0 bridgehead atoms. The van der Waals surface area contributed by atoms with Crippen molar-refractivity contribution in [2.24, 2.45) is 0 Å². The smallest absolute Gasteiger partial charge is 0.312 e. The maximum atomic E-state index is 12.2. The van der Waals surface area contributed by atoms with Crippen molar-refractivity contribution in [2.45, 2.75) is 12.8 Å². The highest BCUT2D eigenvalue weighted by Gasteiger charge is 2.25. The van der Waals surface area contributed by atoms with Gasteiger partial charge in [-0.3, -0.25) is 9.51 Å². The number of hydrogen-bond donors (Lipinski definition) is 1. The standard InChI is InChI=1S/C16H21N2O3P/c1-18(13-10-15-7-3-2-4-8-15)22(19,20)21-14-11-16-9-5-6-12-17-16/h2-9,12H,10-11,13-14H2,1H3,(H,19,20). The molecule has 1 aromatic carbocycles. The molecule has 1 heterocycles. The molecule has 0 fully saturated rings. The number of nitrogens with zero attached hydrogens (tertiary/aromatic N) is 2. The fourth-order valence-electron chi connectivity index (χ4n) is 1.98. The number of hydrogen-bond acceptors (Lipinski definition) is 3. The Morgan fingerprint density at radius 2 is 1.86 bits per heavy atom. The normalized spacial score (nSPS) is 14.0. The molecular formula is C16H21N2O3P. The Balaban J connectivity index is 1.77. The number of rotatable bonds is 8. The van der Waals surface area contributed by atoms with Crippen molar-refractivity contribution in [1.82, 2.24) is 9.65 Å². The maximum absolute atomic E-state index is 12.2. The zero-order chi connectivity index (χ0) is 15.8. The lowest BCUT2D eigenvalue weighted by Gasteiger charge is -2.22. The molecule has 0 aliphatic heterocycles. The molecule has 0 spiro atoms. The molecule has 6 heteroatoms. The van der Waals surface area contributed by atoms with Crippen LogP contribution in [0.15, 0.2) is 54.7 Å². The van der Waals surface area contributed by atoms with Crippen LogP contribution in [0.2, 0.25) is 0 Å². The van der Waals surface area contributed by atoms with Gasteiger partial charge in [0.05, 0.1) is 6.61 Å². The average Bonchev–Trinajstić information content (AvgIpc) is 2.54. The lowest BCUT2D eigenvalue weighted by molar-refractivity contribution is 0.214. The third-order valence-electron chi connectivity index (χ3n) is 3.34. The zero-order valence-electron chi connectivity index (χ0n) is 12.6. The van der Waals surface area contributed by atoms with E-state index in [1.807, 2.05) is 48.5 Å². The van der Waals surface area contributed by atoms with E-state index in [9.17, 15) is 9.46 Å². The quantitative estimate of drug-likeness (QED) is 0.758. The summed E-state index contributed by atoms with van der Waals surface area (Å²) in [6.45, 7) is 0.627. The molecule has 5 nitrogen and oxygen atoms in total. The molecule has 0 saturated carbocycles. The van der Waals surface area contributed by atoms with Gasteiger partial charge >= 0.3 is 7.75 Å². The minimum Gasteiger partial charge on any atom is -0.312 e. The summed E-state index contributed by atoms with van der Waals surface area (Å²) in [7, 11) is -2.15. The Morgan fingerprint density at radius 1 is 1.14 bits per heavy atom. The molecule has 118 valence electrons. The molecule has 1 atom stereocenters. The summed E-state index contributed by atoms with van der Waals surface area (Å²) < 4.78 is 18.7. The molecule has 1 unspecified atom stereocenters. The van der Waals surface area contributed by atoms with Gasteiger partial charge in [0.1, 0.15) is 0 Å². The number of benzene rings is 1. The van der Waals surface area contributed by atoms with Crippen LogP contribution in [0.3, 0.4) is 0 Å². The van der Waals surface area contributed by atoms with E-state index < -0.39 is 7.75 Å². The van der Waals surface area contributed by atoms with Crippen molar-refractivity contribution in [3.8, 4) is 0 Å². The SMILES string of the molecule is CN(CCc1ccccc1)P(=O)(O)OCCc1ccccn1. The van der Waals surface area contributed by atoms with Gasteiger partial charge in [0.2, 0.25) is 0 Å². The maximum Gasteiger partial charge on any atom is 0.405 e. The van der Waals surface area contributed by atoms with Crippen molar-refractivity contribution in [3.05, 3.63) is 66.0 Å². The lowest BCUT2D eigenvalue weighted by Crippen LogP contribution is -2.20. The number of aromatic nitrogens is 1. The predicted molar refractivity (Wildman–Crippen MR) is 86.5 cm³/mol. The molecule has 22 heavy (non-hydrogen) atoms. The summed E-state index contributed by atoms with van der Waals surface area (Å²) in [5.41, 5.74) is 1.97. The van der Waals surface area contributed by atoms with Crippen molar-refractivity contribution in [3.63, 3.8) is 0 Å². The molecule has 0 amide bonds. The third kappa shape index (κ3) is 5.35. The van der Waals surface area contributed by atoms with Crippen molar-refractivity contribution in [2.75, 3.05) is 20.2 Å². The number of pyridine rings is 1. The van der Waals surface area contributed by atoms with Crippen LogP contribution in [0.4, 0.5) is 0 Å². The van der Waals surface area contributed by atoms with Crippen LogP contribution < -0.4 is 0 Å². The van der Waals surface area contributed by atoms with Crippen LogP contribution in [-0.2, 0) is 21.9 Å². The number of likely N-dealkylation sites (N-methyl/N-ethyl adjacent to an activating group) is 1. The van der Waals surface area contributed by atoms with Gasteiger partial charge in [-0.15, -0.1) is 0 Å². The van der Waals surface area contributed by atoms with E-state index in [-0.39, 0.29) is 6.61 Å². The van der Waals surface area contributed by atoms with E-state index >= 15 is 0 Å². The van der Waals surface area contributed by atoms with Crippen LogP contribution in [0.25, 0.3) is 0 Å². The second-order valence-electron chi connectivity index (χ2n) is 5.01. The van der Waals surface area contributed by atoms with E-state index in [0.717, 1.165) is 11.3 Å². The molecule has 1 N–H and O–H groups in total. The predicted octanol–water partition coefficient (Wildman–Crippen LogP) is 2.92. The molecule has 0 radical (unpaired) electrons. The Bertz CT molecular complexity index is 607. The van der Waals surface area contributed by atoms with Crippen molar-refractivity contribution < 1.29 is 14.0 Å². The van der Waals surface area contributed by atoms with Crippen LogP contribution in [-0.4, -0.2) is 34.7 Å². The first-order valence-corrected chi connectivity index (χ1v) is 8.74. The molecule has 1 aromatic heterocycles. The summed E-state index contributed by atoms with van der Waals surface area (Å²) in [5, 5.41) is 0. The van der Waals surface area contributed by atoms with Gasteiger partial charge in [-0.05, 0) is 31.2 Å². The molecule has 0 saturated heterocycles. The van der Waals surface area contributed by atoms with Crippen molar-refractivity contribution >= 4 is 7.75 Å². The minimum atomic E-state index is -3.75. The fraction of sp³-hybridized carbons (Fsp3) is 0.312. The van der Waals surface area contributed by atoms with Crippen LogP contribution in [0.1, 0.15) is 11.3 Å². The van der Waals surface area contributed by atoms with Gasteiger partial charge in [0.25, 0.3) is 0 Å². The van der Waals surface area contributed by atoms with Gasteiger partial charge in [-0.25, -0.2) is 9.24 Å². The Hall–Kier alpha value is -1.52. The minimum absolute atomic E-state index is 0.167. The molecule has 2 rings (SSSR count). The highest BCUT2D eigenvalue weighted by atomic mass is 31.2.